The highest BCUT2D eigenvalue weighted by molar-refractivity contribution is 5.93. The third kappa shape index (κ3) is 8.49. The molecule has 0 aromatic rings. The van der Waals surface area contributed by atoms with Gasteiger partial charge in [-0.1, -0.05) is 70.3 Å². The van der Waals surface area contributed by atoms with Crippen LogP contribution in [0.3, 0.4) is 0 Å². The van der Waals surface area contributed by atoms with Crippen LogP contribution in [-0.2, 0) is 9.53 Å². The summed E-state index contributed by atoms with van der Waals surface area (Å²) >= 11 is 0. The van der Waals surface area contributed by atoms with Crippen LogP contribution in [0, 0.1) is 0 Å². The van der Waals surface area contributed by atoms with Crippen LogP contribution in [0.25, 0.3) is 0 Å². The molecular formula is C21H34O3. The molecule has 0 radical (unpaired) electrons. The average molecular weight is 335 g/mol. The molecule has 1 aliphatic heterocycles. The maximum Gasteiger partial charge on any atom is 0.341 e. The third-order valence-electron chi connectivity index (χ3n) is 4.39. The molecule has 0 saturated carbocycles. The van der Waals surface area contributed by atoms with Gasteiger partial charge >= 0.3 is 5.97 Å². The second-order valence-corrected chi connectivity index (χ2v) is 6.58. The fourth-order valence-corrected chi connectivity index (χ4v) is 2.83. The number of rotatable bonds is 13. The minimum absolute atomic E-state index is 0.141. The molecule has 0 aromatic carbocycles. The number of hydrogen-bond donors (Lipinski definition) is 1. The van der Waals surface area contributed by atoms with Gasteiger partial charge in [-0.3, -0.25) is 0 Å². The lowest BCUT2D eigenvalue weighted by Gasteiger charge is -2.00. The molecule has 3 heteroatoms. The first-order chi connectivity index (χ1) is 11.7. The molecule has 1 heterocycles. The zero-order valence-corrected chi connectivity index (χ0v) is 15.3. The van der Waals surface area contributed by atoms with E-state index in [0.29, 0.717) is 5.57 Å². The maximum atomic E-state index is 11.4. The van der Waals surface area contributed by atoms with Gasteiger partial charge in [0.1, 0.15) is 11.9 Å². The van der Waals surface area contributed by atoms with E-state index in [-0.39, 0.29) is 5.76 Å². The summed E-state index contributed by atoms with van der Waals surface area (Å²) in [6.45, 7) is 5.76. The molecule has 1 fully saturated rings. The first kappa shape index (κ1) is 20.7. The van der Waals surface area contributed by atoms with Crippen molar-refractivity contribution in [1.82, 2.24) is 0 Å². The van der Waals surface area contributed by atoms with Crippen LogP contribution in [-0.4, -0.2) is 17.2 Å². The highest BCUT2D eigenvalue weighted by Crippen LogP contribution is 2.23. The van der Waals surface area contributed by atoms with Gasteiger partial charge in [0.2, 0.25) is 0 Å². The van der Waals surface area contributed by atoms with Crippen molar-refractivity contribution in [3.8, 4) is 0 Å². The number of ether oxygens (including phenoxy) is 1. The number of unbranched alkanes of at least 4 members (excludes halogenated alkanes) is 10. The van der Waals surface area contributed by atoms with Crippen LogP contribution in [0.1, 0.15) is 84.0 Å². The molecule has 136 valence electrons. The van der Waals surface area contributed by atoms with Crippen molar-refractivity contribution in [3.63, 3.8) is 0 Å². The van der Waals surface area contributed by atoms with Gasteiger partial charge in [-0.05, 0) is 38.5 Å². The van der Waals surface area contributed by atoms with Crippen LogP contribution < -0.4 is 0 Å². The van der Waals surface area contributed by atoms with Crippen LogP contribution in [0.2, 0.25) is 0 Å². The molecule has 3 nitrogen and oxygen atoms in total. The minimum atomic E-state index is -0.942. The van der Waals surface area contributed by atoms with Gasteiger partial charge < -0.3 is 9.84 Å². The number of esters is 1. The number of aliphatic hydroxyl groups is 1. The zero-order chi connectivity index (χ0) is 17.6. The lowest BCUT2D eigenvalue weighted by Crippen LogP contribution is -2.07. The SMILES string of the molecule is C=C1OC(=O)/C(=C/CCCCC/C=C/CCCCCCCC)[C@@H]1O. The molecule has 0 aromatic heterocycles. The first-order valence-corrected chi connectivity index (χ1v) is 9.61. The summed E-state index contributed by atoms with van der Waals surface area (Å²) in [4.78, 5) is 11.4. The van der Waals surface area contributed by atoms with E-state index in [4.69, 9.17) is 4.74 Å². The molecule has 1 N–H and O–H groups in total. The van der Waals surface area contributed by atoms with E-state index in [0.717, 1.165) is 25.7 Å². The molecule has 0 unspecified atom stereocenters. The van der Waals surface area contributed by atoms with Gasteiger partial charge in [0.15, 0.2) is 0 Å². The molecule has 1 aliphatic rings. The highest BCUT2D eigenvalue weighted by atomic mass is 16.6. The van der Waals surface area contributed by atoms with E-state index in [1.54, 1.807) is 6.08 Å². The highest BCUT2D eigenvalue weighted by Gasteiger charge is 2.32. The quantitative estimate of drug-likeness (QED) is 0.206. The van der Waals surface area contributed by atoms with Gasteiger partial charge in [0, 0.05) is 0 Å². The summed E-state index contributed by atoms with van der Waals surface area (Å²) in [5.74, 6) is -0.313. The Morgan fingerprint density at radius 3 is 2.08 bits per heavy atom. The molecule has 24 heavy (non-hydrogen) atoms. The predicted octanol–water partition coefficient (Wildman–Crippen LogP) is 5.60. The maximum absolute atomic E-state index is 11.4. The Morgan fingerprint density at radius 2 is 1.50 bits per heavy atom. The van der Waals surface area contributed by atoms with Crippen molar-refractivity contribution in [2.45, 2.75) is 90.1 Å². The van der Waals surface area contributed by atoms with Crippen LogP contribution >= 0.6 is 0 Å². The first-order valence-electron chi connectivity index (χ1n) is 9.61. The van der Waals surface area contributed by atoms with Gasteiger partial charge in [0.25, 0.3) is 0 Å². The van der Waals surface area contributed by atoms with Crippen molar-refractivity contribution in [1.29, 1.82) is 0 Å². The Kier molecular flexibility index (Phi) is 11.2. The zero-order valence-electron chi connectivity index (χ0n) is 15.3. The smallest absolute Gasteiger partial charge is 0.341 e. The van der Waals surface area contributed by atoms with Crippen molar-refractivity contribution in [2.75, 3.05) is 0 Å². The fraction of sp³-hybridized carbons (Fsp3) is 0.667. The molecule has 0 spiro atoms. The number of carbonyl (C=O) groups is 1. The summed E-state index contributed by atoms with van der Waals surface area (Å²) in [6, 6.07) is 0. The number of hydrogen-bond acceptors (Lipinski definition) is 3. The lowest BCUT2D eigenvalue weighted by atomic mass is 10.1. The molecular weight excluding hydrogens is 300 g/mol. The van der Waals surface area contributed by atoms with Gasteiger partial charge in [0.05, 0.1) is 5.57 Å². The summed E-state index contributed by atoms with van der Waals surface area (Å²) in [7, 11) is 0. The van der Waals surface area contributed by atoms with E-state index < -0.39 is 12.1 Å². The van der Waals surface area contributed by atoms with Crippen LogP contribution in [0.4, 0.5) is 0 Å². The largest absolute Gasteiger partial charge is 0.425 e. The number of carbonyl (C=O) groups excluding carboxylic acids is 1. The molecule has 1 rings (SSSR count). The van der Waals surface area contributed by atoms with E-state index >= 15 is 0 Å². The Morgan fingerprint density at radius 1 is 0.958 bits per heavy atom. The van der Waals surface area contributed by atoms with Crippen molar-refractivity contribution in [3.05, 3.63) is 36.1 Å². The summed E-state index contributed by atoms with van der Waals surface area (Å²) in [5.41, 5.74) is 0.346. The van der Waals surface area contributed by atoms with Crippen LogP contribution in [0.5, 0.6) is 0 Å². The predicted molar refractivity (Wildman–Crippen MR) is 99.5 cm³/mol. The summed E-state index contributed by atoms with van der Waals surface area (Å²) in [6.07, 6.45) is 20.1. The second-order valence-electron chi connectivity index (χ2n) is 6.58. The van der Waals surface area contributed by atoms with Gasteiger partial charge in [-0.15, -0.1) is 0 Å². The van der Waals surface area contributed by atoms with Gasteiger partial charge in [-0.25, -0.2) is 4.79 Å². The number of allylic oxidation sites excluding steroid dienone is 3. The molecule has 0 bridgehead atoms. The monoisotopic (exact) mass is 334 g/mol. The second kappa shape index (κ2) is 13.0. The minimum Gasteiger partial charge on any atom is -0.425 e. The Bertz CT molecular complexity index is 434. The summed E-state index contributed by atoms with van der Waals surface area (Å²) < 4.78 is 4.79. The van der Waals surface area contributed by atoms with Crippen molar-refractivity contribution < 1.29 is 14.6 Å². The average Bonchev–Trinajstić information content (AvgIpc) is 2.81. The molecule has 1 saturated heterocycles. The topological polar surface area (TPSA) is 46.5 Å². The van der Waals surface area contributed by atoms with Crippen molar-refractivity contribution in [2.24, 2.45) is 0 Å². The van der Waals surface area contributed by atoms with Crippen molar-refractivity contribution >= 4 is 5.97 Å². The summed E-state index contributed by atoms with van der Waals surface area (Å²) in [5, 5.41) is 9.71. The standard InChI is InChI=1S/C21H34O3/c1-3-4-5-6-7-8-9-10-11-12-13-14-15-16-17-19-20(22)18(2)24-21(19)23/h10-11,17,20,22H,2-9,12-16H2,1H3/b11-10+,19-17+/t20-/m1/s1. The Balaban J connectivity index is 1.94. The third-order valence-corrected chi connectivity index (χ3v) is 4.39. The number of cyclic esters (lactones) is 1. The van der Waals surface area contributed by atoms with E-state index in [2.05, 4.69) is 25.7 Å². The lowest BCUT2D eigenvalue weighted by molar-refractivity contribution is -0.132. The fourth-order valence-electron chi connectivity index (χ4n) is 2.83. The Hall–Kier alpha value is -1.35. The molecule has 0 aliphatic carbocycles. The van der Waals surface area contributed by atoms with Gasteiger partial charge in [-0.2, -0.15) is 0 Å². The Labute approximate surface area is 147 Å². The van der Waals surface area contributed by atoms with E-state index in [9.17, 15) is 9.90 Å². The van der Waals surface area contributed by atoms with E-state index in [1.165, 1.54) is 51.4 Å². The molecule has 0 amide bonds. The van der Waals surface area contributed by atoms with E-state index in [1.807, 2.05) is 0 Å². The normalized spacial score (nSPS) is 19.6. The van der Waals surface area contributed by atoms with Crippen LogP contribution in [0.15, 0.2) is 36.1 Å². The number of aliphatic hydroxyl groups excluding tert-OH is 1. The molecule has 1 atom stereocenters.